The molecule has 0 amide bonds. The van der Waals surface area contributed by atoms with Gasteiger partial charge < -0.3 is 4.74 Å². The summed E-state index contributed by atoms with van der Waals surface area (Å²) in [7, 11) is -3.43. The van der Waals surface area contributed by atoms with Crippen molar-refractivity contribution in [3.8, 4) is 5.75 Å². The lowest BCUT2D eigenvalue weighted by molar-refractivity contribution is 0.0732. The molecule has 0 unspecified atom stereocenters. The van der Waals surface area contributed by atoms with E-state index in [1.807, 2.05) is 32.0 Å². The minimum absolute atomic E-state index is 0.0188. The van der Waals surface area contributed by atoms with E-state index in [1.165, 1.54) is 18.2 Å². The van der Waals surface area contributed by atoms with Crippen LogP contribution in [0.2, 0.25) is 5.02 Å². The van der Waals surface area contributed by atoms with Crippen LogP contribution in [-0.4, -0.2) is 20.6 Å². The highest BCUT2D eigenvalue weighted by atomic mass is 35.5. The van der Waals surface area contributed by atoms with Crippen molar-refractivity contribution in [3.05, 3.63) is 58.1 Å². The number of carbonyl (C=O) groups is 1. The highest BCUT2D eigenvalue weighted by molar-refractivity contribution is 7.90. The van der Waals surface area contributed by atoms with Crippen LogP contribution in [0.25, 0.3) is 0 Å². The minimum Gasteiger partial charge on any atom is -0.422 e. The Kier molecular flexibility index (Phi) is 4.58. The maximum absolute atomic E-state index is 12.3. The highest BCUT2D eigenvalue weighted by Gasteiger charge is 2.18. The second-order valence-electron chi connectivity index (χ2n) is 5.02. The molecule has 0 aromatic heterocycles. The van der Waals surface area contributed by atoms with Gasteiger partial charge in [0, 0.05) is 6.26 Å². The van der Waals surface area contributed by atoms with Crippen LogP contribution in [0.15, 0.2) is 41.3 Å². The van der Waals surface area contributed by atoms with E-state index in [1.54, 1.807) is 0 Å². The molecule has 0 atom stereocenters. The Hall–Kier alpha value is -1.85. The first-order chi connectivity index (χ1) is 10.2. The first-order valence-electron chi connectivity index (χ1n) is 6.48. The third-order valence-electron chi connectivity index (χ3n) is 3.19. The van der Waals surface area contributed by atoms with Gasteiger partial charge in [-0.1, -0.05) is 29.8 Å². The Morgan fingerprint density at radius 2 is 1.68 bits per heavy atom. The van der Waals surface area contributed by atoms with Gasteiger partial charge in [-0.2, -0.15) is 0 Å². The number of carbonyl (C=O) groups excluding carboxylic acids is 1. The molecule has 0 aliphatic heterocycles. The predicted octanol–water partition coefficient (Wildman–Crippen LogP) is 3.58. The highest BCUT2D eigenvalue weighted by Crippen LogP contribution is 2.26. The van der Waals surface area contributed by atoms with Crippen molar-refractivity contribution in [2.45, 2.75) is 18.7 Å². The Morgan fingerprint density at radius 3 is 2.23 bits per heavy atom. The molecule has 6 heteroatoms. The molecule has 116 valence electrons. The Balaban J connectivity index is 2.42. The molecule has 0 radical (unpaired) electrons. The summed E-state index contributed by atoms with van der Waals surface area (Å²) in [5.41, 5.74) is 1.64. The molecule has 2 aromatic carbocycles. The van der Waals surface area contributed by atoms with Crippen molar-refractivity contribution >= 4 is 27.4 Å². The molecule has 22 heavy (non-hydrogen) atoms. The molecule has 0 fully saturated rings. The largest absolute Gasteiger partial charge is 0.422 e. The maximum Gasteiger partial charge on any atom is 0.345 e. The van der Waals surface area contributed by atoms with Gasteiger partial charge >= 0.3 is 5.97 Å². The van der Waals surface area contributed by atoms with Crippen molar-refractivity contribution in [2.24, 2.45) is 0 Å². The standard InChI is InChI=1S/C16H15ClO4S/c1-10-5-4-6-11(2)15(10)21-16(18)13-9-12(22(3,19)20)7-8-14(13)17/h4-9H,1-3H3. The minimum atomic E-state index is -3.43. The zero-order valence-corrected chi connectivity index (χ0v) is 14.0. The average Bonchev–Trinajstić information content (AvgIpc) is 2.42. The van der Waals surface area contributed by atoms with E-state index in [2.05, 4.69) is 0 Å². The summed E-state index contributed by atoms with van der Waals surface area (Å²) >= 11 is 5.99. The average molecular weight is 339 g/mol. The van der Waals surface area contributed by atoms with E-state index < -0.39 is 15.8 Å². The fourth-order valence-corrected chi connectivity index (χ4v) is 2.84. The second kappa shape index (κ2) is 6.10. The molecule has 2 rings (SSSR count). The molecule has 0 aliphatic carbocycles. The van der Waals surface area contributed by atoms with E-state index in [0.29, 0.717) is 5.75 Å². The van der Waals surface area contributed by atoms with Crippen LogP contribution in [0.5, 0.6) is 5.75 Å². The molecule has 0 bridgehead atoms. The molecule has 0 aliphatic rings. The van der Waals surface area contributed by atoms with Gasteiger partial charge in [-0.15, -0.1) is 0 Å². The SMILES string of the molecule is Cc1cccc(C)c1OC(=O)c1cc(S(C)(=O)=O)ccc1Cl. The van der Waals surface area contributed by atoms with Gasteiger partial charge in [0.2, 0.25) is 0 Å². The number of rotatable bonds is 3. The first kappa shape index (κ1) is 16.5. The fraction of sp³-hybridized carbons (Fsp3) is 0.188. The number of para-hydroxylation sites is 1. The first-order valence-corrected chi connectivity index (χ1v) is 8.75. The van der Waals surface area contributed by atoms with Gasteiger partial charge in [0.25, 0.3) is 0 Å². The van der Waals surface area contributed by atoms with Gasteiger partial charge in [0.15, 0.2) is 9.84 Å². The smallest absolute Gasteiger partial charge is 0.345 e. The van der Waals surface area contributed by atoms with Crippen LogP contribution in [0.3, 0.4) is 0 Å². The Labute approximate surface area is 134 Å². The number of benzene rings is 2. The third-order valence-corrected chi connectivity index (χ3v) is 4.63. The van der Waals surface area contributed by atoms with Gasteiger partial charge in [0.1, 0.15) is 5.75 Å². The van der Waals surface area contributed by atoms with Crippen molar-refractivity contribution in [1.29, 1.82) is 0 Å². The topological polar surface area (TPSA) is 60.4 Å². The van der Waals surface area contributed by atoms with Crippen LogP contribution in [0.4, 0.5) is 0 Å². The van der Waals surface area contributed by atoms with Crippen LogP contribution >= 0.6 is 11.6 Å². The van der Waals surface area contributed by atoms with Crippen molar-refractivity contribution in [3.63, 3.8) is 0 Å². The number of halogens is 1. The second-order valence-corrected chi connectivity index (χ2v) is 7.45. The summed E-state index contributed by atoms with van der Waals surface area (Å²) in [4.78, 5) is 12.3. The summed E-state index contributed by atoms with van der Waals surface area (Å²) in [6.45, 7) is 3.65. The summed E-state index contributed by atoms with van der Waals surface area (Å²) < 4.78 is 28.6. The van der Waals surface area contributed by atoms with Crippen LogP contribution in [-0.2, 0) is 9.84 Å². The number of ether oxygens (including phenoxy) is 1. The molecular formula is C16H15ClO4S. The lowest BCUT2D eigenvalue weighted by Crippen LogP contribution is -2.12. The number of esters is 1. The van der Waals surface area contributed by atoms with Crippen molar-refractivity contribution in [2.75, 3.05) is 6.26 Å². The Morgan fingerprint density at radius 1 is 1.09 bits per heavy atom. The van der Waals surface area contributed by atoms with Crippen LogP contribution in [0.1, 0.15) is 21.5 Å². The number of hydrogen-bond donors (Lipinski definition) is 0. The van der Waals surface area contributed by atoms with Crippen molar-refractivity contribution in [1.82, 2.24) is 0 Å². The molecule has 0 spiro atoms. The zero-order valence-electron chi connectivity index (χ0n) is 12.4. The van der Waals surface area contributed by atoms with Crippen molar-refractivity contribution < 1.29 is 17.9 Å². The quantitative estimate of drug-likeness (QED) is 0.634. The van der Waals surface area contributed by atoms with E-state index in [4.69, 9.17) is 16.3 Å². The molecule has 2 aromatic rings. The lowest BCUT2D eigenvalue weighted by Gasteiger charge is -2.11. The monoisotopic (exact) mass is 338 g/mol. The Bertz CT molecular complexity index is 821. The number of sulfone groups is 1. The molecule has 0 saturated carbocycles. The van der Waals surface area contributed by atoms with E-state index in [-0.39, 0.29) is 15.5 Å². The zero-order chi connectivity index (χ0) is 16.5. The fourth-order valence-electron chi connectivity index (χ4n) is 2.00. The van der Waals surface area contributed by atoms with E-state index >= 15 is 0 Å². The van der Waals surface area contributed by atoms with Gasteiger partial charge in [0.05, 0.1) is 15.5 Å². The summed E-state index contributed by atoms with van der Waals surface area (Å²) in [6.07, 6.45) is 1.07. The number of hydrogen-bond acceptors (Lipinski definition) is 4. The molecular weight excluding hydrogens is 324 g/mol. The molecule has 0 saturated heterocycles. The molecule has 0 N–H and O–H groups in total. The van der Waals surface area contributed by atoms with Crippen LogP contribution < -0.4 is 4.74 Å². The lowest BCUT2D eigenvalue weighted by atomic mass is 10.1. The van der Waals surface area contributed by atoms with E-state index in [0.717, 1.165) is 17.4 Å². The third kappa shape index (κ3) is 3.48. The van der Waals surface area contributed by atoms with Gasteiger partial charge in [-0.05, 0) is 43.2 Å². The van der Waals surface area contributed by atoms with E-state index in [9.17, 15) is 13.2 Å². The predicted molar refractivity (Wildman–Crippen MR) is 85.4 cm³/mol. The maximum atomic E-state index is 12.3. The summed E-state index contributed by atoms with van der Waals surface area (Å²) in [6, 6.07) is 9.47. The summed E-state index contributed by atoms with van der Waals surface area (Å²) in [5, 5.41) is 0.142. The normalized spacial score (nSPS) is 11.3. The van der Waals surface area contributed by atoms with Crippen LogP contribution in [0, 0.1) is 13.8 Å². The van der Waals surface area contributed by atoms with Gasteiger partial charge in [-0.3, -0.25) is 0 Å². The molecule has 4 nitrogen and oxygen atoms in total. The number of aryl methyl sites for hydroxylation is 2. The molecule has 0 heterocycles. The summed E-state index contributed by atoms with van der Waals surface area (Å²) in [5.74, 6) is -0.235. The van der Waals surface area contributed by atoms with Gasteiger partial charge in [-0.25, -0.2) is 13.2 Å².